The van der Waals surface area contributed by atoms with Crippen LogP contribution in [0.25, 0.3) is 33.5 Å². The quantitative estimate of drug-likeness (QED) is 0.452. The van der Waals surface area contributed by atoms with Gasteiger partial charge in [-0.25, -0.2) is 4.98 Å². The maximum atomic E-state index is 12.3. The van der Waals surface area contributed by atoms with Gasteiger partial charge in [-0.3, -0.25) is 15.2 Å². The van der Waals surface area contributed by atoms with E-state index in [1.807, 2.05) is 12.1 Å². The molecule has 0 unspecified atom stereocenters. The van der Waals surface area contributed by atoms with Crippen LogP contribution in [0.5, 0.6) is 5.75 Å². The van der Waals surface area contributed by atoms with Crippen LogP contribution in [-0.2, 0) is 0 Å². The molecular weight excluding hydrogens is 296 g/mol. The van der Waals surface area contributed by atoms with E-state index in [2.05, 4.69) is 15.2 Å². The van der Waals surface area contributed by atoms with Crippen molar-refractivity contribution in [3.05, 3.63) is 58.6 Å². The summed E-state index contributed by atoms with van der Waals surface area (Å²) in [5, 5.41) is 31.3. The molecule has 0 fully saturated rings. The molecule has 1 heterocycles. The molecule has 2 aromatic carbocycles. The van der Waals surface area contributed by atoms with Crippen molar-refractivity contribution in [2.45, 2.75) is 0 Å². The number of H-pyrrole nitrogens is 1. The fourth-order valence-corrected chi connectivity index (χ4v) is 2.61. The number of nitrogens with zero attached hydrogens (tertiary/aromatic N) is 3. The van der Waals surface area contributed by atoms with Gasteiger partial charge in [-0.05, 0) is 5.39 Å². The minimum absolute atomic E-state index is 0.0388. The van der Waals surface area contributed by atoms with Gasteiger partial charge < -0.3 is 5.11 Å². The molecule has 1 N–H and O–H groups in total. The molecule has 2 aromatic rings. The maximum absolute atomic E-state index is 12.3. The van der Waals surface area contributed by atoms with Crippen LogP contribution in [0.1, 0.15) is 0 Å². The average molecular weight is 305 g/mol. The normalized spacial score (nSPS) is 11.1. The van der Waals surface area contributed by atoms with E-state index in [0.717, 1.165) is 5.39 Å². The van der Waals surface area contributed by atoms with Crippen molar-refractivity contribution in [1.82, 2.24) is 15.2 Å². The van der Waals surface area contributed by atoms with E-state index in [0.29, 0.717) is 28.2 Å². The molecule has 0 amide bonds. The fourth-order valence-electron chi connectivity index (χ4n) is 2.61. The summed E-state index contributed by atoms with van der Waals surface area (Å²) in [5.74, 6) is 0.151. The lowest BCUT2D eigenvalue weighted by Crippen LogP contribution is -1.99. The number of aromatic amines is 1. The molecule has 7 heteroatoms. The van der Waals surface area contributed by atoms with Gasteiger partial charge in [0.1, 0.15) is 0 Å². The second kappa shape index (κ2) is 4.77. The van der Waals surface area contributed by atoms with Crippen LogP contribution in [0.2, 0.25) is 0 Å². The first-order valence-corrected chi connectivity index (χ1v) is 6.84. The van der Waals surface area contributed by atoms with E-state index in [9.17, 15) is 15.2 Å². The number of benzene rings is 2. The molecule has 112 valence electrons. The first kappa shape index (κ1) is 13.2. The Morgan fingerprint density at radius 1 is 1.04 bits per heavy atom. The van der Waals surface area contributed by atoms with Crippen LogP contribution >= 0.6 is 0 Å². The molecule has 4 rings (SSSR count). The van der Waals surface area contributed by atoms with Gasteiger partial charge in [-0.1, -0.05) is 42.1 Å². The zero-order valence-electron chi connectivity index (χ0n) is 11.7. The zero-order valence-corrected chi connectivity index (χ0v) is 11.7. The number of hydrogen-bond acceptors (Lipinski definition) is 5. The number of rotatable bonds is 2. The molecule has 0 spiro atoms. The first-order valence-electron chi connectivity index (χ1n) is 6.84. The van der Waals surface area contributed by atoms with Gasteiger partial charge >= 0.3 is 0 Å². The molecular formula is C16H9N4O3-. The number of fused-ring (bicyclic) bond motifs is 3. The number of nitrogens with one attached hydrogen (secondary N) is 1. The number of non-ortho nitro benzene ring substituents is 1. The third kappa shape index (κ3) is 1.98. The average Bonchev–Trinajstić information content (AvgIpc) is 2.88. The lowest BCUT2D eigenvalue weighted by Gasteiger charge is -2.08. The highest BCUT2D eigenvalue weighted by Crippen LogP contribution is 2.39. The Bertz CT molecular complexity index is 1020. The monoisotopic (exact) mass is 305 g/mol. The van der Waals surface area contributed by atoms with E-state index in [-0.39, 0.29) is 11.4 Å². The van der Waals surface area contributed by atoms with Crippen molar-refractivity contribution in [2.24, 2.45) is 0 Å². The van der Waals surface area contributed by atoms with Crippen molar-refractivity contribution < 1.29 is 10.0 Å². The standard InChI is InChI=1S/C16H10N4O3/c21-15-12-7-2-1-6-11(12)13-14(15)18-19-16(17-13)9-4-3-5-10(8-9)20(22)23/h1-8,18,21H/p-1. The summed E-state index contributed by atoms with van der Waals surface area (Å²) in [4.78, 5) is 14.8. The summed E-state index contributed by atoms with van der Waals surface area (Å²) in [5.41, 5.74) is 1.32. The minimum atomic E-state index is -0.473. The van der Waals surface area contributed by atoms with Crippen LogP contribution in [-0.4, -0.2) is 20.1 Å². The van der Waals surface area contributed by atoms with Crippen molar-refractivity contribution in [3.8, 4) is 28.5 Å². The molecule has 0 bridgehead atoms. The molecule has 0 saturated carbocycles. The third-order valence-electron chi connectivity index (χ3n) is 3.70. The number of nitro groups is 1. The number of nitro benzene ring substituents is 1. The smallest absolute Gasteiger partial charge is 0.270 e. The van der Waals surface area contributed by atoms with Crippen LogP contribution in [0.15, 0.2) is 48.5 Å². The van der Waals surface area contributed by atoms with E-state index in [1.165, 1.54) is 12.1 Å². The third-order valence-corrected chi connectivity index (χ3v) is 3.70. The number of aromatic nitrogens is 3. The highest BCUT2D eigenvalue weighted by Gasteiger charge is 2.17. The molecule has 7 nitrogen and oxygen atoms in total. The molecule has 0 saturated heterocycles. The molecule has 0 atom stereocenters. The predicted molar refractivity (Wildman–Crippen MR) is 82.0 cm³/mol. The summed E-state index contributed by atoms with van der Waals surface area (Å²) in [6.07, 6.45) is 0. The van der Waals surface area contributed by atoms with Crippen LogP contribution in [0.3, 0.4) is 0 Å². The molecule has 0 aromatic heterocycles. The van der Waals surface area contributed by atoms with Gasteiger partial charge in [-0.2, -0.15) is 5.10 Å². The molecule has 2 aliphatic rings. The molecule has 23 heavy (non-hydrogen) atoms. The predicted octanol–water partition coefficient (Wildman–Crippen LogP) is 2.71. The van der Waals surface area contributed by atoms with Crippen molar-refractivity contribution in [2.75, 3.05) is 0 Å². The Labute approximate surface area is 129 Å². The summed E-state index contributed by atoms with van der Waals surface area (Å²) >= 11 is 0. The van der Waals surface area contributed by atoms with Crippen molar-refractivity contribution in [1.29, 1.82) is 0 Å². The van der Waals surface area contributed by atoms with Crippen molar-refractivity contribution in [3.63, 3.8) is 0 Å². The largest absolute Gasteiger partial charge is 0.871 e. The second-order valence-electron chi connectivity index (χ2n) is 5.06. The first-order chi connectivity index (χ1) is 11.1. The maximum Gasteiger partial charge on any atom is 0.270 e. The van der Waals surface area contributed by atoms with Crippen LogP contribution < -0.4 is 5.11 Å². The zero-order chi connectivity index (χ0) is 16.0. The Kier molecular flexibility index (Phi) is 2.74. The van der Waals surface area contributed by atoms with E-state index < -0.39 is 4.92 Å². The minimum Gasteiger partial charge on any atom is -0.871 e. The topological polar surface area (TPSA) is 108 Å². The highest BCUT2D eigenvalue weighted by atomic mass is 16.6. The van der Waals surface area contributed by atoms with Gasteiger partial charge in [-0.15, -0.1) is 0 Å². The van der Waals surface area contributed by atoms with Crippen molar-refractivity contribution >= 4 is 16.5 Å². The second-order valence-corrected chi connectivity index (χ2v) is 5.06. The Hall–Kier alpha value is -3.48. The Morgan fingerprint density at radius 3 is 2.61 bits per heavy atom. The van der Waals surface area contributed by atoms with Gasteiger partial charge in [0.2, 0.25) is 0 Å². The van der Waals surface area contributed by atoms with Gasteiger partial charge in [0.15, 0.2) is 5.82 Å². The molecule has 1 aliphatic heterocycles. The molecule has 1 aliphatic carbocycles. The fraction of sp³-hybridized carbons (Fsp3) is 0. The number of hydrogen-bond donors (Lipinski definition) is 1. The van der Waals surface area contributed by atoms with Crippen LogP contribution in [0, 0.1) is 10.1 Å². The van der Waals surface area contributed by atoms with Gasteiger partial charge in [0.05, 0.1) is 16.3 Å². The summed E-state index contributed by atoms with van der Waals surface area (Å²) in [6.45, 7) is 0. The van der Waals surface area contributed by atoms with Crippen LogP contribution in [0.4, 0.5) is 5.69 Å². The Morgan fingerprint density at radius 2 is 1.83 bits per heavy atom. The summed E-state index contributed by atoms with van der Waals surface area (Å²) in [7, 11) is 0. The summed E-state index contributed by atoms with van der Waals surface area (Å²) in [6, 6.07) is 13.2. The lowest BCUT2D eigenvalue weighted by atomic mass is 10.2. The Balaban J connectivity index is 1.96. The van der Waals surface area contributed by atoms with E-state index >= 15 is 0 Å². The molecule has 0 radical (unpaired) electrons. The van der Waals surface area contributed by atoms with E-state index in [1.54, 1.807) is 24.3 Å². The lowest BCUT2D eigenvalue weighted by molar-refractivity contribution is -0.384. The SMILES string of the molecule is O=[N+]([O-])c1cccc(-c2n[nH]c3c([O-])c4ccccc4c-3n2)c1. The van der Waals surface area contributed by atoms with Gasteiger partial charge in [0, 0.05) is 23.1 Å². The highest BCUT2D eigenvalue weighted by molar-refractivity contribution is 6.05. The summed E-state index contributed by atoms with van der Waals surface area (Å²) < 4.78 is 0. The van der Waals surface area contributed by atoms with E-state index in [4.69, 9.17) is 0 Å². The van der Waals surface area contributed by atoms with Gasteiger partial charge in [0.25, 0.3) is 5.69 Å².